The third-order valence-electron chi connectivity index (χ3n) is 2.96. The number of rotatable bonds is 8. The maximum atomic E-state index is 11.9. The largest absolute Gasteiger partial charge is 0.479 e. The van der Waals surface area contributed by atoms with Gasteiger partial charge in [-0.25, -0.2) is 0 Å². The highest BCUT2D eigenvalue weighted by Gasteiger charge is 2.17. The van der Waals surface area contributed by atoms with Gasteiger partial charge in [-0.3, -0.25) is 4.79 Å². The molecule has 0 aliphatic rings. The van der Waals surface area contributed by atoms with Gasteiger partial charge in [-0.15, -0.1) is 0 Å². The fourth-order valence-electron chi connectivity index (χ4n) is 1.77. The molecule has 1 atom stereocenters. The van der Waals surface area contributed by atoms with Gasteiger partial charge in [0, 0.05) is 12.1 Å². The first-order valence-corrected chi connectivity index (χ1v) is 7.72. The molecule has 0 bridgehead atoms. The molecule has 0 aliphatic heterocycles. The molecule has 1 rings (SSSR count). The summed E-state index contributed by atoms with van der Waals surface area (Å²) in [6, 6.07) is 5.41. The van der Waals surface area contributed by atoms with Gasteiger partial charge in [0.05, 0.1) is 11.1 Å². The number of aliphatic hydroxyl groups is 1. The Kier molecular flexibility index (Phi) is 7.62. The second-order valence-corrected chi connectivity index (χ2v) is 5.50. The first-order chi connectivity index (χ1) is 9.60. The average Bonchev–Trinajstić information content (AvgIpc) is 2.45. The van der Waals surface area contributed by atoms with Crippen LogP contribution in [0.1, 0.15) is 38.7 Å². The molecule has 1 amide bonds. The summed E-state index contributed by atoms with van der Waals surface area (Å²) >= 11 is 3.37. The molecular formula is C15H22BrNO3. The third kappa shape index (κ3) is 5.13. The molecule has 5 heteroatoms. The number of halogens is 1. The molecule has 0 radical (unpaired) electrons. The predicted octanol–water partition coefficient (Wildman–Crippen LogP) is 3.02. The first kappa shape index (κ1) is 17.0. The fourth-order valence-corrected chi connectivity index (χ4v) is 2.27. The van der Waals surface area contributed by atoms with Gasteiger partial charge >= 0.3 is 0 Å². The van der Waals surface area contributed by atoms with E-state index in [4.69, 9.17) is 4.74 Å². The van der Waals surface area contributed by atoms with E-state index in [2.05, 4.69) is 28.2 Å². The van der Waals surface area contributed by atoms with Crippen molar-refractivity contribution in [2.45, 2.75) is 45.8 Å². The quantitative estimate of drug-likeness (QED) is 0.713. The van der Waals surface area contributed by atoms with Crippen LogP contribution in [0.15, 0.2) is 22.7 Å². The number of aliphatic hydroxyl groups excluding tert-OH is 1. The van der Waals surface area contributed by atoms with E-state index in [1.165, 1.54) is 0 Å². The van der Waals surface area contributed by atoms with E-state index in [1.54, 1.807) is 13.0 Å². The monoisotopic (exact) mass is 343 g/mol. The Morgan fingerprint density at radius 3 is 2.85 bits per heavy atom. The molecule has 1 unspecified atom stereocenters. The summed E-state index contributed by atoms with van der Waals surface area (Å²) in [6.45, 7) is 4.37. The summed E-state index contributed by atoms with van der Waals surface area (Å²) in [5.74, 6) is 0.381. The summed E-state index contributed by atoms with van der Waals surface area (Å²) in [5.41, 5.74) is 0.657. The predicted molar refractivity (Wildman–Crippen MR) is 82.7 cm³/mol. The number of hydrogen-bond acceptors (Lipinski definition) is 3. The SMILES string of the molecule is CCCCCNC(=O)C(C)Oc1c(Br)cccc1CO. The van der Waals surface area contributed by atoms with E-state index in [9.17, 15) is 9.90 Å². The second-order valence-electron chi connectivity index (χ2n) is 4.64. The van der Waals surface area contributed by atoms with Gasteiger partial charge in [0.15, 0.2) is 6.10 Å². The third-order valence-corrected chi connectivity index (χ3v) is 3.59. The van der Waals surface area contributed by atoms with Crippen molar-refractivity contribution in [1.82, 2.24) is 5.32 Å². The van der Waals surface area contributed by atoms with Crippen LogP contribution in [0.2, 0.25) is 0 Å². The maximum Gasteiger partial charge on any atom is 0.260 e. The van der Waals surface area contributed by atoms with Crippen molar-refractivity contribution in [2.75, 3.05) is 6.54 Å². The van der Waals surface area contributed by atoms with Crippen molar-refractivity contribution in [2.24, 2.45) is 0 Å². The van der Waals surface area contributed by atoms with Gasteiger partial charge in [0.1, 0.15) is 5.75 Å². The Morgan fingerprint density at radius 1 is 1.45 bits per heavy atom. The second kappa shape index (κ2) is 8.97. The number of carbonyl (C=O) groups is 1. The highest BCUT2D eigenvalue weighted by atomic mass is 79.9. The normalized spacial score (nSPS) is 12.0. The van der Waals surface area contributed by atoms with Gasteiger partial charge in [0.25, 0.3) is 5.91 Å². The van der Waals surface area contributed by atoms with Gasteiger partial charge in [-0.05, 0) is 35.3 Å². The molecule has 0 saturated heterocycles. The number of benzene rings is 1. The molecule has 0 heterocycles. The lowest BCUT2D eigenvalue weighted by atomic mass is 10.2. The Labute approximate surface area is 128 Å². The summed E-state index contributed by atoms with van der Waals surface area (Å²) in [6.07, 6.45) is 2.61. The van der Waals surface area contributed by atoms with E-state index in [1.807, 2.05) is 12.1 Å². The summed E-state index contributed by atoms with van der Waals surface area (Å²) < 4.78 is 6.40. The van der Waals surface area contributed by atoms with Crippen molar-refractivity contribution >= 4 is 21.8 Å². The van der Waals surface area contributed by atoms with Gasteiger partial charge in [0.2, 0.25) is 0 Å². The maximum absolute atomic E-state index is 11.9. The van der Waals surface area contributed by atoms with Crippen molar-refractivity contribution < 1.29 is 14.6 Å². The molecule has 20 heavy (non-hydrogen) atoms. The Morgan fingerprint density at radius 2 is 2.20 bits per heavy atom. The van der Waals surface area contributed by atoms with Crippen LogP contribution >= 0.6 is 15.9 Å². The lowest BCUT2D eigenvalue weighted by Crippen LogP contribution is -2.37. The van der Waals surface area contributed by atoms with Crippen molar-refractivity contribution in [3.05, 3.63) is 28.2 Å². The van der Waals surface area contributed by atoms with Gasteiger partial charge in [-0.2, -0.15) is 0 Å². The molecule has 0 aliphatic carbocycles. The number of unbranched alkanes of at least 4 members (excludes halogenated alkanes) is 2. The van der Waals surface area contributed by atoms with Gasteiger partial charge in [-0.1, -0.05) is 31.9 Å². The minimum atomic E-state index is -0.597. The van der Waals surface area contributed by atoms with Crippen LogP contribution in [0.25, 0.3) is 0 Å². The number of hydrogen-bond donors (Lipinski definition) is 2. The van der Waals surface area contributed by atoms with E-state index >= 15 is 0 Å². The molecular weight excluding hydrogens is 322 g/mol. The Balaban J connectivity index is 2.57. The van der Waals surface area contributed by atoms with Crippen molar-refractivity contribution in [3.63, 3.8) is 0 Å². The van der Waals surface area contributed by atoms with Gasteiger partial charge < -0.3 is 15.2 Å². The molecule has 4 nitrogen and oxygen atoms in total. The first-order valence-electron chi connectivity index (χ1n) is 6.92. The molecule has 0 spiro atoms. The van der Waals surface area contributed by atoms with Crippen LogP contribution in [0.4, 0.5) is 0 Å². The van der Waals surface area contributed by atoms with Crippen LogP contribution in [0.3, 0.4) is 0 Å². The van der Waals surface area contributed by atoms with Crippen LogP contribution in [-0.4, -0.2) is 23.7 Å². The zero-order chi connectivity index (χ0) is 15.0. The zero-order valence-corrected chi connectivity index (χ0v) is 13.6. The van der Waals surface area contributed by atoms with E-state index in [-0.39, 0.29) is 12.5 Å². The van der Waals surface area contributed by atoms with Crippen LogP contribution in [-0.2, 0) is 11.4 Å². The smallest absolute Gasteiger partial charge is 0.260 e. The molecule has 112 valence electrons. The molecule has 0 saturated carbocycles. The Bertz CT molecular complexity index is 437. The Hall–Kier alpha value is -1.07. The topological polar surface area (TPSA) is 58.6 Å². The summed E-state index contributed by atoms with van der Waals surface area (Å²) in [7, 11) is 0. The highest BCUT2D eigenvalue weighted by Crippen LogP contribution is 2.30. The average molecular weight is 344 g/mol. The fraction of sp³-hybridized carbons (Fsp3) is 0.533. The molecule has 0 fully saturated rings. The molecule has 1 aromatic carbocycles. The number of nitrogens with one attached hydrogen (secondary N) is 1. The van der Waals surface area contributed by atoms with E-state index in [0.717, 1.165) is 23.7 Å². The van der Waals surface area contributed by atoms with E-state index in [0.29, 0.717) is 17.9 Å². The van der Waals surface area contributed by atoms with E-state index < -0.39 is 6.10 Å². The number of para-hydroxylation sites is 1. The van der Waals surface area contributed by atoms with Crippen LogP contribution < -0.4 is 10.1 Å². The number of ether oxygens (including phenoxy) is 1. The number of carbonyl (C=O) groups excluding carboxylic acids is 1. The van der Waals surface area contributed by atoms with Crippen molar-refractivity contribution in [1.29, 1.82) is 0 Å². The highest BCUT2D eigenvalue weighted by molar-refractivity contribution is 9.10. The lowest BCUT2D eigenvalue weighted by molar-refractivity contribution is -0.127. The standard InChI is InChI=1S/C15H22BrNO3/c1-3-4-5-9-17-15(19)11(2)20-14-12(10-18)7-6-8-13(14)16/h6-8,11,18H,3-5,9-10H2,1-2H3,(H,17,19). The summed E-state index contributed by atoms with van der Waals surface area (Å²) in [5, 5.41) is 12.1. The lowest BCUT2D eigenvalue weighted by Gasteiger charge is -2.17. The minimum absolute atomic E-state index is 0.125. The molecule has 2 N–H and O–H groups in total. The van der Waals surface area contributed by atoms with Crippen molar-refractivity contribution in [3.8, 4) is 5.75 Å². The molecule has 0 aromatic heterocycles. The molecule has 1 aromatic rings. The zero-order valence-electron chi connectivity index (χ0n) is 12.0. The van der Waals surface area contributed by atoms with Crippen LogP contribution in [0.5, 0.6) is 5.75 Å². The van der Waals surface area contributed by atoms with Crippen LogP contribution in [0, 0.1) is 0 Å². The minimum Gasteiger partial charge on any atom is -0.479 e. The summed E-state index contributed by atoms with van der Waals surface area (Å²) in [4.78, 5) is 11.9. The number of amides is 1.